The molecule has 0 fully saturated rings. The number of rotatable bonds is 0. The van der Waals surface area contributed by atoms with Crippen LogP contribution in [-0.4, -0.2) is 19.2 Å². The van der Waals surface area contributed by atoms with Crippen LogP contribution in [0.3, 0.4) is 0 Å². The maximum absolute atomic E-state index is 9.19. The third-order valence-corrected chi connectivity index (χ3v) is 0. The van der Waals surface area contributed by atoms with Crippen molar-refractivity contribution in [1.82, 2.24) is 0 Å². The Kier molecular flexibility index (Phi) is 0.954. The molecular weight excluding hydrogens is 92.1 g/mol. The summed E-state index contributed by atoms with van der Waals surface area (Å²) in [5.74, 6) is 2.41. The van der Waals surface area contributed by atoms with Gasteiger partial charge in [-0.1, -0.05) is 0 Å². The minimum atomic E-state index is -3.67. The van der Waals surface area contributed by atoms with E-state index in [0.717, 1.165) is 0 Å². The maximum Gasteiger partial charge on any atom is 0.193 e. The van der Waals surface area contributed by atoms with Gasteiger partial charge in [-0.05, 0) is 0 Å². The van der Waals surface area contributed by atoms with Crippen molar-refractivity contribution in [3.8, 4) is 0 Å². The minimum absolute atomic E-state index is 2.41. The zero-order valence-corrected chi connectivity index (χ0v) is 3.23. The fourth-order valence-corrected chi connectivity index (χ4v) is 0. The lowest BCUT2D eigenvalue weighted by molar-refractivity contribution is 0.448. The molecule has 0 atom stereocenters. The van der Waals surface area contributed by atoms with E-state index in [2.05, 4.69) is 5.87 Å². The largest absolute Gasteiger partial charge is 0.294 e. The zero-order valence-electron chi connectivity index (χ0n) is 2.42. The quantitative estimate of drug-likeness (QED) is 0.405. The van der Waals surface area contributed by atoms with E-state index in [-0.39, 0.29) is 0 Å². The van der Waals surface area contributed by atoms with Gasteiger partial charge in [0.25, 0.3) is 0 Å². The van der Waals surface area contributed by atoms with Gasteiger partial charge in [0.15, 0.2) is 10.1 Å². The molecule has 0 saturated carbocycles. The second-order valence-electron chi connectivity index (χ2n) is 0.607. The first-order valence-electron chi connectivity index (χ1n) is 0.820. The van der Waals surface area contributed by atoms with E-state index >= 15 is 0 Å². The second kappa shape index (κ2) is 0.965. The smallest absolute Gasteiger partial charge is 0.193 e. The Morgan fingerprint density at radius 3 is 1.60 bits per heavy atom. The molecule has 0 aliphatic rings. The molecule has 5 heavy (non-hydrogen) atoms. The first-order chi connectivity index (χ1) is 2.00. The van der Waals surface area contributed by atoms with Crippen LogP contribution in [0.5, 0.6) is 0 Å². The predicted octanol–water partition coefficient (Wildman–Crippen LogP) is -0.351. The fraction of sp³-hybridized carbons (Fsp3) is 0. The molecule has 0 saturated heterocycles. The summed E-state index contributed by atoms with van der Waals surface area (Å²) < 4.78 is 24.2. The Balaban J connectivity index is 4.06. The molecule has 0 aromatic rings. The minimum Gasteiger partial charge on any atom is -0.294 e. The summed E-state index contributed by atoms with van der Waals surface area (Å²) in [5.41, 5.74) is 0. The lowest BCUT2D eigenvalue weighted by Crippen LogP contribution is -1.89. The first-order valence-corrected chi connectivity index (χ1v) is 2.46. The molecule has 0 spiro atoms. The van der Waals surface area contributed by atoms with Crippen LogP contribution in [0, 0.1) is 0 Å². The van der Waals surface area contributed by atoms with Crippen molar-refractivity contribution in [3.05, 3.63) is 0 Å². The summed E-state index contributed by atoms with van der Waals surface area (Å²) in [6, 6.07) is 0. The summed E-state index contributed by atoms with van der Waals surface area (Å²) in [7, 11) is -3.67. The maximum atomic E-state index is 9.19. The highest BCUT2D eigenvalue weighted by Gasteiger charge is 1.73. The van der Waals surface area contributed by atoms with Crippen LogP contribution >= 0.6 is 0 Å². The third-order valence-electron chi connectivity index (χ3n) is 0. The van der Waals surface area contributed by atoms with Crippen LogP contribution in [0.25, 0.3) is 0 Å². The molecule has 0 amide bonds. The third kappa shape index (κ3) is 4120. The molecule has 0 heterocycles. The van der Waals surface area contributed by atoms with Crippen molar-refractivity contribution in [2.24, 2.45) is 0 Å². The van der Waals surface area contributed by atoms with Crippen molar-refractivity contribution >= 4 is 16.0 Å². The van der Waals surface area contributed by atoms with Gasteiger partial charge in [-0.25, -0.2) is 4.21 Å². The van der Waals surface area contributed by atoms with Crippen molar-refractivity contribution in [1.29, 1.82) is 0 Å². The fourth-order valence-electron chi connectivity index (χ4n) is 0. The summed E-state index contributed by atoms with van der Waals surface area (Å²) >= 11 is 0. The van der Waals surface area contributed by atoms with Crippen molar-refractivity contribution in [2.45, 2.75) is 0 Å². The molecule has 0 aromatic carbocycles. The monoisotopic (exact) mass is 96.0 g/mol. The molecule has 0 rings (SSSR count). The van der Waals surface area contributed by atoms with Gasteiger partial charge in [-0.3, -0.25) is 9.11 Å². The molecule has 0 unspecified atom stereocenters. The Morgan fingerprint density at radius 2 is 1.60 bits per heavy atom. The summed E-state index contributed by atoms with van der Waals surface area (Å²) in [6.07, 6.45) is 0. The van der Waals surface area contributed by atoms with Crippen molar-refractivity contribution in [2.75, 3.05) is 0 Å². The zero-order chi connectivity index (χ0) is 4.50. The van der Waals surface area contributed by atoms with Gasteiger partial charge in [0.1, 0.15) is 0 Å². The van der Waals surface area contributed by atoms with Gasteiger partial charge in [-0.2, -0.15) is 0 Å². The van der Waals surface area contributed by atoms with Crippen molar-refractivity contribution < 1.29 is 13.3 Å². The second-order valence-corrected chi connectivity index (χ2v) is 1.82. The van der Waals surface area contributed by atoms with Crippen LogP contribution in [-0.2, 0) is 10.1 Å². The van der Waals surface area contributed by atoms with E-state index in [0.29, 0.717) is 0 Å². The molecular formula is CH4O3S. The number of hydrogen-bond acceptors (Lipinski definition) is 1. The predicted molar refractivity (Wildman–Crippen MR) is 20.5 cm³/mol. The SMILES string of the molecule is C=S(=O)(O)O. The Morgan fingerprint density at radius 1 is 1.60 bits per heavy atom. The topological polar surface area (TPSA) is 57.5 Å². The average molecular weight is 96.1 g/mol. The van der Waals surface area contributed by atoms with Crippen molar-refractivity contribution in [3.63, 3.8) is 0 Å². The van der Waals surface area contributed by atoms with Gasteiger partial charge >= 0.3 is 0 Å². The molecule has 0 radical (unpaired) electrons. The van der Waals surface area contributed by atoms with Crippen LogP contribution in [0.2, 0.25) is 0 Å². The highest BCUT2D eigenvalue weighted by Crippen LogP contribution is 1.59. The summed E-state index contributed by atoms with van der Waals surface area (Å²) in [5, 5.41) is 0. The normalized spacial score (nSPS) is 11.6. The Bertz CT molecular complexity index is 90.1. The summed E-state index contributed by atoms with van der Waals surface area (Å²) in [6.45, 7) is 0. The Hall–Kier alpha value is -0.0600. The van der Waals surface area contributed by atoms with Crippen LogP contribution < -0.4 is 0 Å². The highest BCUT2D eigenvalue weighted by molar-refractivity contribution is 7.89. The lowest BCUT2D eigenvalue weighted by Gasteiger charge is -1.77. The van der Waals surface area contributed by atoms with Gasteiger partial charge in [-0.15, -0.1) is 0 Å². The lowest BCUT2D eigenvalue weighted by atomic mass is 12.0. The van der Waals surface area contributed by atoms with Gasteiger partial charge in [0, 0.05) is 5.87 Å². The van der Waals surface area contributed by atoms with Gasteiger partial charge in [0.2, 0.25) is 0 Å². The standard InChI is InChI=1S/CH4O3S/c1-5(2,3)4/h1H2,(H2,2,3,4). The van der Waals surface area contributed by atoms with E-state index < -0.39 is 10.1 Å². The molecule has 0 aliphatic carbocycles. The van der Waals surface area contributed by atoms with Gasteiger partial charge in [0.05, 0.1) is 0 Å². The van der Waals surface area contributed by atoms with Crippen LogP contribution in [0.4, 0.5) is 0 Å². The van der Waals surface area contributed by atoms with Crippen LogP contribution in [0.1, 0.15) is 0 Å². The first kappa shape index (κ1) is 4.94. The van der Waals surface area contributed by atoms with E-state index in [4.69, 9.17) is 9.11 Å². The van der Waals surface area contributed by atoms with Gasteiger partial charge < -0.3 is 0 Å². The Labute approximate surface area is 30.3 Å². The van der Waals surface area contributed by atoms with Crippen LogP contribution in [0.15, 0.2) is 0 Å². The molecule has 0 aliphatic heterocycles. The molecule has 0 bridgehead atoms. The van der Waals surface area contributed by atoms with E-state index in [9.17, 15) is 4.21 Å². The average Bonchev–Trinajstić information content (AvgIpc) is 0.722. The summed E-state index contributed by atoms with van der Waals surface area (Å²) in [4.78, 5) is 0. The van der Waals surface area contributed by atoms with E-state index in [1.165, 1.54) is 0 Å². The highest BCUT2D eigenvalue weighted by atomic mass is 32.2. The molecule has 32 valence electrons. The molecule has 2 N–H and O–H groups in total. The molecule has 0 aromatic heterocycles. The van der Waals surface area contributed by atoms with E-state index in [1.807, 2.05) is 0 Å². The molecule has 4 heteroatoms. The molecule has 3 nitrogen and oxygen atoms in total. The van der Waals surface area contributed by atoms with E-state index in [1.54, 1.807) is 0 Å². The number of hydrogen-bond donors (Lipinski definition) is 2.